The van der Waals surface area contributed by atoms with Crippen LogP contribution < -0.4 is 20.1 Å². The van der Waals surface area contributed by atoms with Gasteiger partial charge in [-0.15, -0.1) is 0 Å². The number of urea groups is 1. The lowest BCUT2D eigenvalue weighted by Crippen LogP contribution is -2.36. The summed E-state index contributed by atoms with van der Waals surface area (Å²) in [5, 5.41) is 6.07. The van der Waals surface area contributed by atoms with Crippen molar-refractivity contribution >= 4 is 23.3 Å². The maximum Gasteiger partial charge on any atom is 0.319 e. The van der Waals surface area contributed by atoms with Gasteiger partial charge in [0.15, 0.2) is 0 Å². The summed E-state index contributed by atoms with van der Waals surface area (Å²) in [4.78, 5) is 12.0. The Morgan fingerprint density at radius 2 is 1.77 bits per heavy atom. The summed E-state index contributed by atoms with van der Waals surface area (Å²) in [6.45, 7) is 6.31. The van der Waals surface area contributed by atoms with E-state index in [0.717, 1.165) is 12.8 Å². The van der Waals surface area contributed by atoms with Crippen LogP contribution in [0.3, 0.4) is 0 Å². The van der Waals surface area contributed by atoms with Crippen molar-refractivity contribution in [3.05, 3.63) is 17.2 Å². The number of hydrogen-bond donors (Lipinski definition) is 2. The molecule has 124 valence electrons. The Bertz CT molecular complexity index is 506. The van der Waals surface area contributed by atoms with Crippen LogP contribution in [0.5, 0.6) is 11.5 Å². The molecule has 6 heteroatoms. The molecule has 0 aliphatic carbocycles. The van der Waals surface area contributed by atoms with Gasteiger partial charge in [0, 0.05) is 12.1 Å². The summed E-state index contributed by atoms with van der Waals surface area (Å²) in [6, 6.07) is 3.07. The highest BCUT2D eigenvalue weighted by Crippen LogP contribution is 2.35. The average Bonchev–Trinajstić information content (AvgIpc) is 2.45. The number of hydrogen-bond acceptors (Lipinski definition) is 3. The minimum atomic E-state index is -0.282. The zero-order chi connectivity index (χ0) is 16.7. The summed E-state index contributed by atoms with van der Waals surface area (Å²) in [5.41, 5.74) is 0.502. The molecule has 5 nitrogen and oxygen atoms in total. The Morgan fingerprint density at radius 1 is 1.14 bits per heavy atom. The maximum absolute atomic E-state index is 12.0. The fourth-order valence-electron chi connectivity index (χ4n) is 2.00. The van der Waals surface area contributed by atoms with Crippen LogP contribution in [-0.4, -0.2) is 26.3 Å². The predicted octanol–water partition coefficient (Wildman–Crippen LogP) is 4.30. The third-order valence-electron chi connectivity index (χ3n) is 3.28. The molecule has 1 unspecified atom stereocenters. The summed E-state index contributed by atoms with van der Waals surface area (Å²) in [6.07, 6.45) is 2.00. The van der Waals surface area contributed by atoms with Gasteiger partial charge in [0.05, 0.1) is 24.9 Å². The first-order valence-corrected chi connectivity index (χ1v) is 7.74. The molecule has 0 aliphatic heterocycles. The summed E-state index contributed by atoms with van der Waals surface area (Å²) in [5.74, 6) is 1.61. The molecule has 0 saturated heterocycles. The standard InChI is InChI=1S/C16H25ClN2O3/c1-10(2)6-7-11(3)18-16(20)19-13-8-12(17)14(21-4)9-15(13)22-5/h8-11H,6-7H2,1-5H3,(H2,18,19,20). The van der Waals surface area contributed by atoms with Crippen molar-refractivity contribution in [2.24, 2.45) is 5.92 Å². The Morgan fingerprint density at radius 3 is 2.32 bits per heavy atom. The minimum Gasteiger partial charge on any atom is -0.495 e. The molecule has 1 aromatic rings. The van der Waals surface area contributed by atoms with Gasteiger partial charge in [0.1, 0.15) is 11.5 Å². The molecule has 0 fully saturated rings. The van der Waals surface area contributed by atoms with Crippen LogP contribution in [0.1, 0.15) is 33.6 Å². The molecular weight excluding hydrogens is 304 g/mol. The van der Waals surface area contributed by atoms with Crippen LogP contribution in [0.2, 0.25) is 5.02 Å². The molecular formula is C16H25ClN2O3. The van der Waals surface area contributed by atoms with E-state index >= 15 is 0 Å². The number of halogens is 1. The zero-order valence-electron chi connectivity index (χ0n) is 13.8. The minimum absolute atomic E-state index is 0.0992. The van der Waals surface area contributed by atoms with Crippen molar-refractivity contribution in [2.75, 3.05) is 19.5 Å². The van der Waals surface area contributed by atoms with Crippen molar-refractivity contribution in [1.82, 2.24) is 5.32 Å². The van der Waals surface area contributed by atoms with Gasteiger partial charge in [0.2, 0.25) is 0 Å². The number of amides is 2. The number of benzene rings is 1. The van der Waals surface area contributed by atoms with Crippen molar-refractivity contribution in [2.45, 2.75) is 39.7 Å². The van der Waals surface area contributed by atoms with E-state index < -0.39 is 0 Å². The Balaban J connectivity index is 2.69. The van der Waals surface area contributed by atoms with E-state index in [1.165, 1.54) is 14.2 Å². The highest BCUT2D eigenvalue weighted by molar-refractivity contribution is 6.32. The fourth-order valence-corrected chi connectivity index (χ4v) is 2.24. The lowest BCUT2D eigenvalue weighted by atomic mass is 10.0. The fraction of sp³-hybridized carbons (Fsp3) is 0.562. The molecule has 22 heavy (non-hydrogen) atoms. The highest BCUT2D eigenvalue weighted by Gasteiger charge is 2.14. The second-order valence-corrected chi connectivity index (χ2v) is 6.06. The predicted molar refractivity (Wildman–Crippen MR) is 90.2 cm³/mol. The lowest BCUT2D eigenvalue weighted by Gasteiger charge is -2.17. The quantitative estimate of drug-likeness (QED) is 0.784. The molecule has 1 aromatic carbocycles. The van der Waals surface area contributed by atoms with Crippen molar-refractivity contribution in [3.63, 3.8) is 0 Å². The normalized spacial score (nSPS) is 12.0. The number of carbonyl (C=O) groups is 1. The number of methoxy groups -OCH3 is 2. The molecule has 0 aromatic heterocycles. The Hall–Kier alpha value is -1.62. The molecule has 0 heterocycles. The van der Waals surface area contributed by atoms with Gasteiger partial charge in [-0.25, -0.2) is 4.79 Å². The SMILES string of the molecule is COc1cc(OC)c(NC(=O)NC(C)CCC(C)C)cc1Cl. The number of anilines is 1. The molecule has 0 saturated carbocycles. The van der Waals surface area contributed by atoms with E-state index in [9.17, 15) is 4.79 Å². The van der Waals surface area contributed by atoms with Crippen LogP contribution in [0, 0.1) is 5.92 Å². The Labute approximate surface area is 137 Å². The van der Waals surface area contributed by atoms with Crippen LogP contribution in [0.25, 0.3) is 0 Å². The van der Waals surface area contributed by atoms with Crippen LogP contribution >= 0.6 is 11.6 Å². The van der Waals surface area contributed by atoms with Crippen LogP contribution in [0.4, 0.5) is 10.5 Å². The van der Waals surface area contributed by atoms with Crippen molar-refractivity contribution in [1.29, 1.82) is 0 Å². The van der Waals surface area contributed by atoms with Crippen LogP contribution in [0.15, 0.2) is 12.1 Å². The molecule has 1 rings (SSSR count). The zero-order valence-corrected chi connectivity index (χ0v) is 14.6. The molecule has 0 bridgehead atoms. The molecule has 2 amide bonds. The number of nitrogens with one attached hydrogen (secondary N) is 2. The van der Waals surface area contributed by atoms with Crippen molar-refractivity contribution < 1.29 is 14.3 Å². The topological polar surface area (TPSA) is 59.6 Å². The number of carbonyl (C=O) groups excluding carboxylic acids is 1. The Kier molecular flexibility index (Phi) is 7.32. The molecule has 0 spiro atoms. The van der Waals surface area contributed by atoms with Gasteiger partial charge in [-0.1, -0.05) is 25.4 Å². The average molecular weight is 329 g/mol. The molecule has 1 atom stereocenters. The van der Waals surface area contributed by atoms with E-state index in [-0.39, 0.29) is 12.1 Å². The van der Waals surface area contributed by atoms with Gasteiger partial charge in [-0.3, -0.25) is 0 Å². The van der Waals surface area contributed by atoms with Gasteiger partial charge < -0.3 is 20.1 Å². The van der Waals surface area contributed by atoms with Gasteiger partial charge in [0.25, 0.3) is 0 Å². The number of ether oxygens (including phenoxy) is 2. The first-order chi connectivity index (χ1) is 10.4. The third-order valence-corrected chi connectivity index (χ3v) is 3.57. The highest BCUT2D eigenvalue weighted by atomic mass is 35.5. The molecule has 0 aliphatic rings. The van der Waals surface area contributed by atoms with E-state index in [2.05, 4.69) is 24.5 Å². The smallest absolute Gasteiger partial charge is 0.319 e. The van der Waals surface area contributed by atoms with E-state index in [1.54, 1.807) is 12.1 Å². The van der Waals surface area contributed by atoms with Crippen molar-refractivity contribution in [3.8, 4) is 11.5 Å². The summed E-state index contributed by atoms with van der Waals surface area (Å²) in [7, 11) is 3.05. The first-order valence-electron chi connectivity index (χ1n) is 7.36. The second kappa shape index (κ2) is 8.73. The maximum atomic E-state index is 12.0. The monoisotopic (exact) mass is 328 g/mol. The van der Waals surface area contributed by atoms with E-state index in [0.29, 0.717) is 28.1 Å². The number of rotatable bonds is 7. The van der Waals surface area contributed by atoms with E-state index in [1.807, 2.05) is 6.92 Å². The first kappa shape index (κ1) is 18.4. The third kappa shape index (κ3) is 5.64. The van der Waals surface area contributed by atoms with Gasteiger partial charge >= 0.3 is 6.03 Å². The largest absolute Gasteiger partial charge is 0.495 e. The van der Waals surface area contributed by atoms with Crippen LogP contribution in [-0.2, 0) is 0 Å². The summed E-state index contributed by atoms with van der Waals surface area (Å²) < 4.78 is 10.4. The lowest BCUT2D eigenvalue weighted by molar-refractivity contribution is 0.248. The second-order valence-electron chi connectivity index (χ2n) is 5.66. The molecule has 2 N–H and O–H groups in total. The molecule has 0 radical (unpaired) electrons. The van der Waals surface area contributed by atoms with Gasteiger partial charge in [-0.05, 0) is 31.7 Å². The van der Waals surface area contributed by atoms with E-state index in [4.69, 9.17) is 21.1 Å². The van der Waals surface area contributed by atoms with Gasteiger partial charge in [-0.2, -0.15) is 0 Å². The summed E-state index contributed by atoms with van der Waals surface area (Å²) >= 11 is 6.08.